The summed E-state index contributed by atoms with van der Waals surface area (Å²) in [5.41, 5.74) is 5.94. The van der Waals surface area contributed by atoms with Crippen LogP contribution in [-0.2, 0) is 18.9 Å². The molecule has 9 heteroatoms. The molecule has 0 aromatic heterocycles. The first-order valence-corrected chi connectivity index (χ1v) is 16.9. The highest BCUT2D eigenvalue weighted by Crippen LogP contribution is 2.12. The van der Waals surface area contributed by atoms with Crippen LogP contribution in [0.2, 0.25) is 0 Å². The van der Waals surface area contributed by atoms with Crippen molar-refractivity contribution < 1.29 is 34.1 Å². The van der Waals surface area contributed by atoms with E-state index in [0.717, 1.165) is 38.5 Å². The Balaban J connectivity index is -0.000000995. The standard InChI is InChI=1S/C24H52BNO3.2C4H8O2/c1-3-5-7-9-11-13-15-17-19-21-23-28-25(27)29-24(26)22-20-18-16-14-12-10-8-6-4-2;2*1-2-3-4(5)6/h24,27H,3-23,26H2,1-2H3;2*2-3H2,1H3,(H,5,6). The van der Waals surface area contributed by atoms with Crippen molar-refractivity contribution in [2.75, 3.05) is 6.61 Å². The largest absolute Gasteiger partial charge is 0.637 e. The molecule has 246 valence electrons. The molecule has 0 spiro atoms. The van der Waals surface area contributed by atoms with E-state index in [1.165, 1.54) is 103 Å². The third-order valence-electron chi connectivity index (χ3n) is 6.57. The summed E-state index contributed by atoms with van der Waals surface area (Å²) in [6.07, 6.45) is 27.0. The van der Waals surface area contributed by atoms with Crippen LogP contribution in [-0.4, -0.2) is 47.3 Å². The van der Waals surface area contributed by atoms with Crippen molar-refractivity contribution in [2.45, 2.75) is 188 Å². The molecule has 0 aromatic rings. The zero-order valence-electron chi connectivity index (χ0n) is 27.4. The van der Waals surface area contributed by atoms with E-state index in [9.17, 15) is 14.6 Å². The third kappa shape index (κ3) is 48.9. The van der Waals surface area contributed by atoms with Crippen molar-refractivity contribution in [3.8, 4) is 0 Å². The van der Waals surface area contributed by atoms with Gasteiger partial charge in [0.15, 0.2) is 0 Å². The van der Waals surface area contributed by atoms with Gasteiger partial charge in [0.05, 0.1) is 6.23 Å². The minimum Gasteiger partial charge on any atom is -0.481 e. The van der Waals surface area contributed by atoms with E-state index in [1.807, 2.05) is 13.8 Å². The van der Waals surface area contributed by atoms with E-state index in [0.29, 0.717) is 19.4 Å². The summed E-state index contributed by atoms with van der Waals surface area (Å²) >= 11 is 0. The maximum atomic E-state index is 9.78. The molecule has 0 saturated carbocycles. The lowest BCUT2D eigenvalue weighted by atomic mass is 10.1. The lowest BCUT2D eigenvalue weighted by Crippen LogP contribution is -2.34. The molecule has 0 rings (SSSR count). The molecule has 1 unspecified atom stereocenters. The quantitative estimate of drug-likeness (QED) is 0.0403. The van der Waals surface area contributed by atoms with E-state index < -0.39 is 25.5 Å². The molecule has 0 saturated heterocycles. The summed E-state index contributed by atoms with van der Waals surface area (Å²) in [4.78, 5) is 19.2. The topological polar surface area (TPSA) is 139 Å². The Morgan fingerprint density at radius 2 is 0.927 bits per heavy atom. The SMILES string of the molecule is CCCC(=O)O.CCCC(=O)O.CCCCCCCCCCCCOB(O)OC(N)CCCCCCCCCCC. The second-order valence-corrected chi connectivity index (χ2v) is 10.9. The van der Waals surface area contributed by atoms with Crippen molar-refractivity contribution in [3.05, 3.63) is 0 Å². The molecule has 0 aromatic carbocycles. The lowest BCUT2D eigenvalue weighted by molar-refractivity contribution is -0.138. The highest BCUT2D eigenvalue weighted by atomic mass is 16.7. The van der Waals surface area contributed by atoms with Crippen LogP contribution < -0.4 is 5.73 Å². The fourth-order valence-electron chi connectivity index (χ4n) is 4.11. The number of carbonyl (C=O) groups is 2. The smallest absolute Gasteiger partial charge is 0.481 e. The van der Waals surface area contributed by atoms with Gasteiger partial charge in [-0.25, -0.2) is 0 Å². The zero-order chi connectivity index (χ0) is 31.4. The Morgan fingerprint density at radius 3 is 1.24 bits per heavy atom. The van der Waals surface area contributed by atoms with Gasteiger partial charge < -0.3 is 30.3 Å². The van der Waals surface area contributed by atoms with Gasteiger partial charge in [-0.05, 0) is 32.1 Å². The monoisotopic (exact) mass is 590 g/mol. The molecule has 8 nitrogen and oxygen atoms in total. The van der Waals surface area contributed by atoms with Gasteiger partial charge in [-0.2, -0.15) is 0 Å². The van der Waals surface area contributed by atoms with Crippen molar-refractivity contribution in [1.82, 2.24) is 0 Å². The van der Waals surface area contributed by atoms with Gasteiger partial charge in [0.1, 0.15) is 0 Å². The molecular formula is C32H68BNO7. The zero-order valence-corrected chi connectivity index (χ0v) is 27.4. The number of unbranched alkanes of at least 4 members (excludes halogenated alkanes) is 17. The summed E-state index contributed by atoms with van der Waals surface area (Å²) in [6, 6.07) is 0. The van der Waals surface area contributed by atoms with Crippen LogP contribution in [0.1, 0.15) is 182 Å². The van der Waals surface area contributed by atoms with Gasteiger partial charge in [-0.1, -0.05) is 137 Å². The maximum Gasteiger partial charge on any atom is 0.637 e. The van der Waals surface area contributed by atoms with Gasteiger partial charge >= 0.3 is 19.3 Å². The Bertz CT molecular complexity index is 510. The first kappa shape index (κ1) is 44.3. The van der Waals surface area contributed by atoms with Crippen LogP contribution in [0.4, 0.5) is 0 Å². The molecule has 5 N–H and O–H groups in total. The van der Waals surface area contributed by atoms with Gasteiger partial charge in [0, 0.05) is 19.4 Å². The van der Waals surface area contributed by atoms with Crippen LogP contribution in [0.25, 0.3) is 0 Å². The Hall–Kier alpha value is -1.16. The number of hydrogen-bond donors (Lipinski definition) is 4. The number of aliphatic carboxylic acids is 2. The van der Waals surface area contributed by atoms with Crippen LogP contribution in [0, 0.1) is 0 Å². The minimum absolute atomic E-state index is 0.292. The molecule has 0 aliphatic heterocycles. The predicted molar refractivity (Wildman–Crippen MR) is 172 cm³/mol. The first-order chi connectivity index (χ1) is 19.7. The fraction of sp³-hybridized carbons (Fsp3) is 0.938. The summed E-state index contributed by atoms with van der Waals surface area (Å²) in [5, 5.41) is 25.6. The molecule has 0 radical (unpaired) electrons. The van der Waals surface area contributed by atoms with E-state index in [1.54, 1.807) is 0 Å². The van der Waals surface area contributed by atoms with Crippen molar-refractivity contribution in [1.29, 1.82) is 0 Å². The molecule has 1 atom stereocenters. The normalized spacial score (nSPS) is 11.2. The average Bonchev–Trinajstić information content (AvgIpc) is 2.91. The number of carboxylic acids is 2. The van der Waals surface area contributed by atoms with Crippen LogP contribution >= 0.6 is 0 Å². The van der Waals surface area contributed by atoms with E-state index in [2.05, 4.69) is 13.8 Å². The Labute approximate surface area is 253 Å². The van der Waals surface area contributed by atoms with Gasteiger partial charge in [-0.3, -0.25) is 9.59 Å². The van der Waals surface area contributed by atoms with Crippen molar-refractivity contribution in [3.63, 3.8) is 0 Å². The second-order valence-electron chi connectivity index (χ2n) is 10.9. The number of carboxylic acid groups (broad SMARTS) is 2. The molecule has 0 bridgehead atoms. The molecule has 0 fully saturated rings. The molecule has 0 aliphatic rings. The van der Waals surface area contributed by atoms with Crippen molar-refractivity contribution in [2.24, 2.45) is 5.73 Å². The van der Waals surface area contributed by atoms with Crippen LogP contribution in [0.15, 0.2) is 0 Å². The van der Waals surface area contributed by atoms with Crippen molar-refractivity contribution >= 4 is 19.3 Å². The minimum atomic E-state index is -1.18. The molecule has 0 aliphatic carbocycles. The van der Waals surface area contributed by atoms with Crippen LogP contribution in [0.3, 0.4) is 0 Å². The van der Waals surface area contributed by atoms with Crippen LogP contribution in [0.5, 0.6) is 0 Å². The molecular weight excluding hydrogens is 521 g/mol. The molecule has 0 amide bonds. The lowest BCUT2D eigenvalue weighted by Gasteiger charge is -2.15. The predicted octanol–water partition coefficient (Wildman–Crippen LogP) is 8.87. The summed E-state index contributed by atoms with van der Waals surface area (Å²) < 4.78 is 10.7. The second kappa shape index (κ2) is 38.8. The Kier molecular flexibility index (Phi) is 42.0. The number of hydrogen-bond acceptors (Lipinski definition) is 6. The number of nitrogens with two attached hydrogens (primary N) is 1. The molecule has 0 heterocycles. The van der Waals surface area contributed by atoms with E-state index in [-0.39, 0.29) is 0 Å². The summed E-state index contributed by atoms with van der Waals surface area (Å²) in [6.45, 7) is 8.74. The highest BCUT2D eigenvalue weighted by molar-refractivity contribution is 6.34. The molecule has 41 heavy (non-hydrogen) atoms. The van der Waals surface area contributed by atoms with Gasteiger partial charge in [-0.15, -0.1) is 0 Å². The third-order valence-corrected chi connectivity index (χ3v) is 6.57. The average molecular weight is 590 g/mol. The first-order valence-electron chi connectivity index (χ1n) is 16.9. The highest BCUT2D eigenvalue weighted by Gasteiger charge is 2.19. The maximum absolute atomic E-state index is 9.78. The van der Waals surface area contributed by atoms with Gasteiger partial charge in [0.2, 0.25) is 0 Å². The fourth-order valence-corrected chi connectivity index (χ4v) is 4.11. The summed E-state index contributed by atoms with van der Waals surface area (Å²) in [5.74, 6) is -1.42. The Morgan fingerprint density at radius 1 is 0.585 bits per heavy atom. The number of rotatable bonds is 28. The van der Waals surface area contributed by atoms with Gasteiger partial charge in [0.25, 0.3) is 0 Å². The van der Waals surface area contributed by atoms with E-state index in [4.69, 9.17) is 25.3 Å². The van der Waals surface area contributed by atoms with E-state index >= 15 is 0 Å². The summed E-state index contributed by atoms with van der Waals surface area (Å²) in [7, 11) is -1.18.